The van der Waals surface area contributed by atoms with Gasteiger partial charge in [-0.15, -0.1) is 0 Å². The monoisotopic (exact) mass is 441 g/mol. The molecule has 1 atom stereocenters. The van der Waals surface area contributed by atoms with E-state index < -0.39 is 11.5 Å². The minimum absolute atomic E-state index is 0.0484. The van der Waals surface area contributed by atoms with Crippen LogP contribution in [0.3, 0.4) is 0 Å². The quantitative estimate of drug-likeness (QED) is 0.503. The zero-order chi connectivity index (χ0) is 23.1. The number of ether oxygens (including phenoxy) is 1. The lowest BCUT2D eigenvalue weighted by atomic mass is 9.59. The smallest absolute Gasteiger partial charge is 0.329 e. The van der Waals surface area contributed by atoms with E-state index in [1.54, 1.807) is 7.11 Å². The summed E-state index contributed by atoms with van der Waals surface area (Å²) in [5, 5.41) is 13.7. The van der Waals surface area contributed by atoms with E-state index in [4.69, 9.17) is 4.74 Å². The van der Waals surface area contributed by atoms with E-state index >= 15 is 0 Å². The van der Waals surface area contributed by atoms with Gasteiger partial charge in [0.15, 0.2) is 0 Å². The van der Waals surface area contributed by atoms with Crippen molar-refractivity contribution in [1.29, 1.82) is 0 Å². The van der Waals surface area contributed by atoms with Gasteiger partial charge in [-0.2, -0.15) is 0 Å². The lowest BCUT2D eigenvalue weighted by Gasteiger charge is -2.47. The molecule has 1 spiro atoms. The normalized spacial score (nSPS) is 26.1. The summed E-state index contributed by atoms with van der Waals surface area (Å²) in [7, 11) is 1.70. The largest absolute Gasteiger partial charge is 0.497 e. The lowest BCUT2D eigenvalue weighted by molar-refractivity contribution is -0.144. The fourth-order valence-corrected chi connectivity index (χ4v) is 6.29. The van der Waals surface area contributed by atoms with Crippen molar-refractivity contribution in [3.05, 3.63) is 95.1 Å². The van der Waals surface area contributed by atoms with E-state index in [9.17, 15) is 9.90 Å². The van der Waals surface area contributed by atoms with Gasteiger partial charge in [0.25, 0.3) is 0 Å². The van der Waals surface area contributed by atoms with Gasteiger partial charge >= 0.3 is 5.97 Å². The Morgan fingerprint density at radius 3 is 2.33 bits per heavy atom. The van der Waals surface area contributed by atoms with Crippen LogP contribution in [0.2, 0.25) is 0 Å². The standard InChI is InChI=1S/C29H31NO3/c1-20-18-23(33-2)12-13-24(20)26-19-21-8-6-7-11-25(21)28(26)14-16-29(17-15-28,27(31)32)30-22-9-4-3-5-10-22/h3-13,18,26,30H,14-17,19H2,1-2H3,(H,31,32). The Morgan fingerprint density at radius 2 is 1.67 bits per heavy atom. The average molecular weight is 442 g/mol. The molecule has 0 aliphatic heterocycles. The number of anilines is 1. The van der Waals surface area contributed by atoms with Crippen LogP contribution >= 0.6 is 0 Å². The minimum atomic E-state index is -0.941. The van der Waals surface area contributed by atoms with Crippen molar-refractivity contribution in [3.8, 4) is 5.75 Å². The molecule has 0 amide bonds. The highest BCUT2D eigenvalue weighted by Crippen LogP contribution is 2.58. The molecular formula is C29H31NO3. The van der Waals surface area contributed by atoms with Crippen molar-refractivity contribution in [2.75, 3.05) is 12.4 Å². The maximum absolute atomic E-state index is 12.5. The highest BCUT2D eigenvalue weighted by atomic mass is 16.5. The molecule has 5 rings (SSSR count). The topological polar surface area (TPSA) is 58.6 Å². The molecule has 0 heterocycles. The summed E-state index contributed by atoms with van der Waals surface area (Å²) in [6.45, 7) is 2.16. The molecule has 0 saturated heterocycles. The van der Waals surface area contributed by atoms with Gasteiger partial charge in [-0.3, -0.25) is 0 Å². The lowest BCUT2D eigenvalue weighted by Crippen LogP contribution is -2.52. The van der Waals surface area contributed by atoms with Crippen LogP contribution in [-0.4, -0.2) is 23.7 Å². The third kappa shape index (κ3) is 3.58. The van der Waals surface area contributed by atoms with Crippen molar-refractivity contribution >= 4 is 11.7 Å². The van der Waals surface area contributed by atoms with Crippen LogP contribution in [-0.2, 0) is 16.6 Å². The van der Waals surface area contributed by atoms with Gasteiger partial charge in [-0.25, -0.2) is 4.79 Å². The summed E-state index contributed by atoms with van der Waals surface area (Å²) in [5.74, 6) is 0.454. The number of carboxylic acid groups (broad SMARTS) is 1. The Hall–Kier alpha value is -3.27. The number of carboxylic acids is 1. The number of benzene rings is 3. The fourth-order valence-electron chi connectivity index (χ4n) is 6.29. The van der Waals surface area contributed by atoms with Gasteiger partial charge in [0.1, 0.15) is 11.3 Å². The third-order valence-electron chi connectivity index (χ3n) is 8.06. The van der Waals surface area contributed by atoms with E-state index in [1.807, 2.05) is 30.3 Å². The van der Waals surface area contributed by atoms with Crippen LogP contribution in [0.25, 0.3) is 0 Å². The molecule has 0 aromatic heterocycles. The van der Waals surface area contributed by atoms with Crippen molar-refractivity contribution < 1.29 is 14.6 Å². The molecule has 2 aliphatic rings. The summed E-state index contributed by atoms with van der Waals surface area (Å²) < 4.78 is 5.45. The maximum atomic E-state index is 12.5. The van der Waals surface area contributed by atoms with Crippen LogP contribution in [0.15, 0.2) is 72.8 Å². The van der Waals surface area contributed by atoms with Crippen molar-refractivity contribution in [2.45, 2.75) is 55.9 Å². The molecule has 0 radical (unpaired) electrons. The summed E-state index contributed by atoms with van der Waals surface area (Å²) in [6, 6.07) is 24.9. The summed E-state index contributed by atoms with van der Waals surface area (Å²) in [4.78, 5) is 12.5. The number of carbonyl (C=O) groups is 1. The Labute approximate surface area is 195 Å². The highest BCUT2D eigenvalue weighted by Gasteiger charge is 2.54. The van der Waals surface area contributed by atoms with Crippen molar-refractivity contribution in [2.24, 2.45) is 0 Å². The van der Waals surface area contributed by atoms with Gasteiger partial charge in [-0.1, -0.05) is 48.5 Å². The second-order valence-electron chi connectivity index (χ2n) is 9.67. The Balaban J connectivity index is 1.52. The SMILES string of the molecule is COc1ccc(C2Cc3ccccc3C23CCC(Nc2ccccc2)(C(=O)O)CC3)c(C)c1. The number of aliphatic carboxylic acids is 1. The Morgan fingerprint density at radius 1 is 0.970 bits per heavy atom. The second-order valence-corrected chi connectivity index (χ2v) is 9.67. The van der Waals surface area contributed by atoms with Gasteiger partial charge in [0, 0.05) is 11.1 Å². The van der Waals surface area contributed by atoms with Crippen LogP contribution in [0, 0.1) is 6.92 Å². The van der Waals surface area contributed by atoms with E-state index in [0.717, 1.165) is 30.7 Å². The molecule has 4 heteroatoms. The van der Waals surface area contributed by atoms with Crippen LogP contribution in [0.5, 0.6) is 5.75 Å². The molecule has 33 heavy (non-hydrogen) atoms. The van der Waals surface area contributed by atoms with E-state index in [1.165, 1.54) is 22.3 Å². The van der Waals surface area contributed by atoms with Crippen molar-refractivity contribution in [3.63, 3.8) is 0 Å². The molecule has 3 aromatic rings. The van der Waals surface area contributed by atoms with Crippen molar-refractivity contribution in [1.82, 2.24) is 0 Å². The zero-order valence-electron chi connectivity index (χ0n) is 19.3. The number of fused-ring (bicyclic) bond motifs is 2. The van der Waals surface area contributed by atoms with Gasteiger partial charge < -0.3 is 15.2 Å². The molecule has 2 N–H and O–H groups in total. The average Bonchev–Trinajstić information content (AvgIpc) is 3.15. The van der Waals surface area contributed by atoms with Crippen LogP contribution in [0.1, 0.15) is 53.9 Å². The molecule has 3 aromatic carbocycles. The molecule has 1 saturated carbocycles. The molecule has 1 unspecified atom stereocenters. The molecular weight excluding hydrogens is 410 g/mol. The first-order valence-electron chi connectivity index (χ1n) is 11.8. The second kappa shape index (κ2) is 8.26. The van der Waals surface area contributed by atoms with Gasteiger partial charge in [-0.05, 0) is 91.5 Å². The molecule has 0 bridgehead atoms. The number of methoxy groups -OCH3 is 1. The first-order valence-corrected chi connectivity index (χ1v) is 11.8. The predicted octanol–water partition coefficient (Wildman–Crippen LogP) is 6.09. The minimum Gasteiger partial charge on any atom is -0.497 e. The number of rotatable bonds is 5. The van der Waals surface area contributed by atoms with Crippen LogP contribution < -0.4 is 10.1 Å². The fraction of sp³-hybridized carbons (Fsp3) is 0.345. The third-order valence-corrected chi connectivity index (χ3v) is 8.06. The number of hydrogen-bond acceptors (Lipinski definition) is 3. The summed E-state index contributed by atoms with van der Waals surface area (Å²) >= 11 is 0. The maximum Gasteiger partial charge on any atom is 0.329 e. The molecule has 2 aliphatic carbocycles. The highest BCUT2D eigenvalue weighted by molar-refractivity contribution is 5.83. The van der Waals surface area contributed by atoms with E-state index in [-0.39, 0.29) is 5.41 Å². The predicted molar refractivity (Wildman–Crippen MR) is 131 cm³/mol. The first-order chi connectivity index (χ1) is 16.0. The summed E-state index contributed by atoms with van der Waals surface area (Å²) in [5.41, 5.74) is 5.28. The molecule has 170 valence electrons. The Bertz CT molecular complexity index is 1160. The van der Waals surface area contributed by atoms with Gasteiger partial charge in [0.2, 0.25) is 0 Å². The number of hydrogen-bond donors (Lipinski definition) is 2. The van der Waals surface area contributed by atoms with Crippen LogP contribution in [0.4, 0.5) is 5.69 Å². The Kier molecular flexibility index (Phi) is 5.40. The molecule has 1 fully saturated rings. The summed E-state index contributed by atoms with van der Waals surface area (Å²) in [6.07, 6.45) is 3.86. The number of nitrogens with one attached hydrogen (secondary N) is 1. The van der Waals surface area contributed by atoms with E-state index in [0.29, 0.717) is 18.8 Å². The van der Waals surface area contributed by atoms with Gasteiger partial charge in [0.05, 0.1) is 7.11 Å². The number of para-hydroxylation sites is 1. The number of aryl methyl sites for hydroxylation is 1. The molecule has 4 nitrogen and oxygen atoms in total. The zero-order valence-corrected chi connectivity index (χ0v) is 19.3. The first kappa shape index (κ1) is 21.6. The van der Waals surface area contributed by atoms with E-state index in [2.05, 4.69) is 54.7 Å².